The third-order valence-corrected chi connectivity index (χ3v) is 5.55. The molecule has 0 spiro atoms. The van der Waals surface area contributed by atoms with Crippen molar-refractivity contribution >= 4 is 17.8 Å². The largest absolute Gasteiger partial charge is 0.341 e. The fourth-order valence-electron chi connectivity index (χ4n) is 3.82. The van der Waals surface area contributed by atoms with Crippen LogP contribution in [0, 0.1) is 11.6 Å². The average molecular weight is 379 g/mol. The summed E-state index contributed by atoms with van der Waals surface area (Å²) in [5.41, 5.74) is -2.02. The summed E-state index contributed by atoms with van der Waals surface area (Å²) in [6.07, 6.45) is 5.02. The van der Waals surface area contributed by atoms with Crippen LogP contribution < -0.4 is 5.32 Å². The summed E-state index contributed by atoms with van der Waals surface area (Å²) in [5.74, 6) is -2.65. The van der Waals surface area contributed by atoms with Crippen LogP contribution in [-0.4, -0.2) is 47.3 Å². The van der Waals surface area contributed by atoms with Crippen LogP contribution in [0.2, 0.25) is 0 Å². The van der Waals surface area contributed by atoms with Gasteiger partial charge < -0.3 is 10.2 Å². The van der Waals surface area contributed by atoms with Crippen LogP contribution in [0.25, 0.3) is 0 Å². The topological polar surface area (TPSA) is 69.7 Å². The average Bonchev–Trinajstić information content (AvgIpc) is 2.87. The number of nitrogens with zero attached hydrogens (tertiary/aromatic N) is 2. The van der Waals surface area contributed by atoms with Crippen molar-refractivity contribution in [2.24, 2.45) is 0 Å². The van der Waals surface area contributed by atoms with Gasteiger partial charge in [-0.25, -0.2) is 13.6 Å². The van der Waals surface area contributed by atoms with E-state index in [1.54, 1.807) is 11.9 Å². The Balaban J connectivity index is 1.77. The fourth-order valence-corrected chi connectivity index (χ4v) is 3.82. The molecule has 1 aliphatic heterocycles. The first-order valence-electron chi connectivity index (χ1n) is 9.09. The van der Waals surface area contributed by atoms with Crippen LogP contribution in [-0.2, 0) is 15.1 Å². The maximum Gasteiger partial charge on any atom is 0.325 e. The zero-order valence-corrected chi connectivity index (χ0v) is 15.4. The maximum atomic E-state index is 14.2. The van der Waals surface area contributed by atoms with Crippen LogP contribution >= 0.6 is 0 Å². The molecule has 1 aromatic rings. The van der Waals surface area contributed by atoms with E-state index < -0.39 is 35.7 Å². The smallest absolute Gasteiger partial charge is 0.325 e. The highest BCUT2D eigenvalue weighted by Gasteiger charge is 2.51. The number of hydrogen-bond donors (Lipinski definition) is 1. The quantitative estimate of drug-likeness (QED) is 0.818. The maximum absolute atomic E-state index is 14.2. The Kier molecular flexibility index (Phi) is 5.17. The number of rotatable bonds is 4. The van der Waals surface area contributed by atoms with Gasteiger partial charge in [0.25, 0.3) is 5.91 Å². The molecule has 4 amide bonds. The number of benzene rings is 1. The Hall–Kier alpha value is -2.51. The summed E-state index contributed by atoms with van der Waals surface area (Å²) >= 11 is 0. The second-order valence-electron chi connectivity index (χ2n) is 7.37. The predicted molar refractivity (Wildman–Crippen MR) is 93.6 cm³/mol. The van der Waals surface area contributed by atoms with Gasteiger partial charge in [-0.2, -0.15) is 0 Å². The van der Waals surface area contributed by atoms with E-state index in [2.05, 4.69) is 5.32 Å². The molecule has 2 fully saturated rings. The van der Waals surface area contributed by atoms with Crippen molar-refractivity contribution < 1.29 is 23.2 Å². The molecule has 1 saturated heterocycles. The lowest BCUT2D eigenvalue weighted by Gasteiger charge is -2.32. The lowest BCUT2D eigenvalue weighted by Crippen LogP contribution is -2.46. The van der Waals surface area contributed by atoms with Crippen molar-refractivity contribution in [3.05, 3.63) is 35.4 Å². The van der Waals surface area contributed by atoms with Gasteiger partial charge in [-0.15, -0.1) is 0 Å². The van der Waals surface area contributed by atoms with E-state index in [9.17, 15) is 23.2 Å². The van der Waals surface area contributed by atoms with Gasteiger partial charge in [0.2, 0.25) is 5.91 Å². The lowest BCUT2D eigenvalue weighted by atomic mass is 9.91. The molecule has 0 unspecified atom stereocenters. The number of nitrogens with one attached hydrogen (secondary N) is 1. The first kappa shape index (κ1) is 19.3. The monoisotopic (exact) mass is 379 g/mol. The highest BCUT2D eigenvalue weighted by Crippen LogP contribution is 2.31. The Morgan fingerprint density at radius 2 is 1.93 bits per heavy atom. The SMILES string of the molecule is CN(C(=O)CN1C(=O)N[C@](C)(c2cc(F)ccc2F)C1=O)C1CCCCC1. The summed E-state index contributed by atoms with van der Waals surface area (Å²) in [7, 11) is 1.67. The van der Waals surface area contributed by atoms with E-state index in [-0.39, 0.29) is 17.5 Å². The molecule has 1 heterocycles. The van der Waals surface area contributed by atoms with Crippen LogP contribution in [0.4, 0.5) is 13.6 Å². The van der Waals surface area contributed by atoms with Crippen LogP contribution in [0.15, 0.2) is 18.2 Å². The number of likely N-dealkylation sites (N-methyl/N-ethyl adjacent to an activating group) is 1. The van der Waals surface area contributed by atoms with Crippen molar-refractivity contribution in [2.45, 2.75) is 50.6 Å². The highest BCUT2D eigenvalue weighted by molar-refractivity contribution is 6.09. The summed E-state index contributed by atoms with van der Waals surface area (Å²) < 4.78 is 27.7. The van der Waals surface area contributed by atoms with E-state index in [1.165, 1.54) is 6.92 Å². The molecule has 2 aliphatic rings. The standard InChI is InChI=1S/C19H23F2N3O3/c1-19(14-10-12(20)8-9-15(14)21)17(26)24(18(27)22-19)11-16(25)23(2)13-6-4-3-5-7-13/h8-10,13H,3-7,11H2,1-2H3,(H,22,27)/t19-/m1/s1. The number of urea groups is 1. The van der Waals surface area contributed by atoms with Gasteiger partial charge in [-0.3, -0.25) is 14.5 Å². The normalized spacial score (nSPS) is 23.5. The zero-order chi connectivity index (χ0) is 19.8. The van der Waals surface area contributed by atoms with Crippen molar-refractivity contribution in [3.63, 3.8) is 0 Å². The van der Waals surface area contributed by atoms with Gasteiger partial charge >= 0.3 is 6.03 Å². The second kappa shape index (κ2) is 7.25. The number of halogens is 2. The minimum atomic E-state index is -1.76. The molecule has 8 heteroatoms. The van der Waals surface area contributed by atoms with Gasteiger partial charge in [0, 0.05) is 18.7 Å². The Bertz CT molecular complexity index is 779. The molecule has 0 bridgehead atoms. The number of carbonyl (C=O) groups excluding carboxylic acids is 3. The summed E-state index contributed by atoms with van der Waals surface area (Å²) in [4.78, 5) is 40.1. The van der Waals surface area contributed by atoms with E-state index in [1.807, 2.05) is 0 Å². The number of carbonyl (C=O) groups is 3. The molecule has 1 aromatic carbocycles. The fraction of sp³-hybridized carbons (Fsp3) is 0.526. The molecule has 3 rings (SSSR count). The van der Waals surface area contributed by atoms with Crippen molar-refractivity contribution in [3.8, 4) is 0 Å². The molecule has 27 heavy (non-hydrogen) atoms. The minimum Gasteiger partial charge on any atom is -0.341 e. The van der Waals surface area contributed by atoms with E-state index >= 15 is 0 Å². The van der Waals surface area contributed by atoms with Gasteiger partial charge in [0.1, 0.15) is 23.7 Å². The zero-order valence-electron chi connectivity index (χ0n) is 15.4. The van der Waals surface area contributed by atoms with Crippen molar-refractivity contribution in [2.75, 3.05) is 13.6 Å². The van der Waals surface area contributed by atoms with Crippen LogP contribution in [0.1, 0.15) is 44.6 Å². The molecule has 1 saturated carbocycles. The molecule has 1 N–H and O–H groups in total. The van der Waals surface area contributed by atoms with Crippen LogP contribution in [0.3, 0.4) is 0 Å². The Labute approximate surface area is 156 Å². The lowest BCUT2D eigenvalue weighted by molar-refractivity contribution is -0.139. The second-order valence-corrected chi connectivity index (χ2v) is 7.37. The number of imide groups is 1. The van der Waals surface area contributed by atoms with E-state index in [0.29, 0.717) is 0 Å². The number of hydrogen-bond acceptors (Lipinski definition) is 3. The Morgan fingerprint density at radius 3 is 2.59 bits per heavy atom. The van der Waals surface area contributed by atoms with Crippen molar-refractivity contribution in [1.29, 1.82) is 0 Å². The highest BCUT2D eigenvalue weighted by atomic mass is 19.1. The molecular formula is C19H23F2N3O3. The van der Waals surface area contributed by atoms with E-state index in [0.717, 1.165) is 55.2 Å². The summed E-state index contributed by atoms with van der Waals surface area (Å²) in [6, 6.07) is 2.02. The van der Waals surface area contributed by atoms with Gasteiger partial charge in [0.15, 0.2) is 0 Å². The van der Waals surface area contributed by atoms with Gasteiger partial charge in [-0.05, 0) is 38.0 Å². The molecule has 1 atom stereocenters. The van der Waals surface area contributed by atoms with Crippen molar-refractivity contribution in [1.82, 2.24) is 15.1 Å². The molecule has 0 aromatic heterocycles. The molecule has 6 nitrogen and oxygen atoms in total. The Morgan fingerprint density at radius 1 is 1.26 bits per heavy atom. The molecule has 146 valence electrons. The first-order valence-corrected chi connectivity index (χ1v) is 9.09. The summed E-state index contributed by atoms with van der Waals surface area (Å²) in [5, 5.41) is 2.40. The minimum absolute atomic E-state index is 0.0964. The summed E-state index contributed by atoms with van der Waals surface area (Å²) in [6.45, 7) is 0.880. The predicted octanol–water partition coefficient (Wildman–Crippen LogP) is 2.52. The van der Waals surface area contributed by atoms with E-state index in [4.69, 9.17) is 0 Å². The molecular weight excluding hydrogens is 356 g/mol. The van der Waals surface area contributed by atoms with Crippen LogP contribution in [0.5, 0.6) is 0 Å². The first-order chi connectivity index (χ1) is 12.7. The van der Waals surface area contributed by atoms with Gasteiger partial charge in [0.05, 0.1) is 0 Å². The third-order valence-electron chi connectivity index (χ3n) is 5.55. The number of amides is 4. The molecule has 0 radical (unpaired) electrons. The third kappa shape index (κ3) is 3.52. The molecule has 1 aliphatic carbocycles. The van der Waals surface area contributed by atoms with Gasteiger partial charge in [-0.1, -0.05) is 19.3 Å².